The molecule has 1 saturated carbocycles. The SMILES string of the molecule is CCC(C)C1CN(CC(C)=CCl)C(C2CC2)CN1. The first-order valence-corrected chi connectivity index (χ1v) is 7.82. The topological polar surface area (TPSA) is 15.3 Å². The fourth-order valence-corrected chi connectivity index (χ4v) is 3.07. The van der Waals surface area contributed by atoms with Crippen molar-refractivity contribution in [3.8, 4) is 0 Å². The van der Waals surface area contributed by atoms with Crippen molar-refractivity contribution in [1.29, 1.82) is 0 Å². The van der Waals surface area contributed by atoms with Gasteiger partial charge >= 0.3 is 0 Å². The van der Waals surface area contributed by atoms with Gasteiger partial charge in [-0.2, -0.15) is 0 Å². The lowest BCUT2D eigenvalue weighted by molar-refractivity contribution is 0.106. The Balaban J connectivity index is 1.98. The van der Waals surface area contributed by atoms with Crippen LogP contribution in [0.2, 0.25) is 0 Å². The molecule has 2 nitrogen and oxygen atoms in total. The predicted molar refractivity (Wildman–Crippen MR) is 78.9 cm³/mol. The monoisotopic (exact) mass is 270 g/mol. The van der Waals surface area contributed by atoms with E-state index in [4.69, 9.17) is 11.6 Å². The Labute approximate surface area is 117 Å². The number of nitrogens with zero attached hydrogens (tertiary/aromatic N) is 1. The van der Waals surface area contributed by atoms with Gasteiger partial charge in [-0.15, -0.1) is 0 Å². The summed E-state index contributed by atoms with van der Waals surface area (Å²) in [5.41, 5.74) is 3.02. The molecule has 0 aromatic carbocycles. The van der Waals surface area contributed by atoms with Gasteiger partial charge < -0.3 is 5.32 Å². The Morgan fingerprint density at radius 3 is 2.78 bits per heavy atom. The minimum Gasteiger partial charge on any atom is -0.311 e. The zero-order valence-electron chi connectivity index (χ0n) is 12.0. The molecule has 2 fully saturated rings. The van der Waals surface area contributed by atoms with Gasteiger partial charge in [-0.3, -0.25) is 4.90 Å². The maximum absolute atomic E-state index is 5.84. The smallest absolute Gasteiger partial charge is 0.0253 e. The van der Waals surface area contributed by atoms with Gasteiger partial charge in [-0.05, 0) is 37.2 Å². The van der Waals surface area contributed by atoms with Crippen molar-refractivity contribution in [3.63, 3.8) is 0 Å². The van der Waals surface area contributed by atoms with Crippen molar-refractivity contribution in [2.45, 2.75) is 52.1 Å². The first kappa shape index (κ1) is 14.4. The van der Waals surface area contributed by atoms with Crippen molar-refractivity contribution in [2.24, 2.45) is 11.8 Å². The highest BCUT2D eigenvalue weighted by Crippen LogP contribution is 2.37. The highest BCUT2D eigenvalue weighted by Gasteiger charge is 2.39. The molecule has 0 aromatic rings. The molecule has 18 heavy (non-hydrogen) atoms. The van der Waals surface area contributed by atoms with Gasteiger partial charge in [0.1, 0.15) is 0 Å². The summed E-state index contributed by atoms with van der Waals surface area (Å²) in [6.07, 6.45) is 4.09. The average molecular weight is 271 g/mol. The maximum atomic E-state index is 5.84. The van der Waals surface area contributed by atoms with E-state index in [0.717, 1.165) is 31.0 Å². The van der Waals surface area contributed by atoms with Crippen LogP contribution in [0.1, 0.15) is 40.0 Å². The quantitative estimate of drug-likeness (QED) is 0.825. The van der Waals surface area contributed by atoms with Crippen LogP contribution in [0, 0.1) is 11.8 Å². The fourth-order valence-electron chi connectivity index (χ4n) is 3.00. The highest BCUT2D eigenvalue weighted by molar-refractivity contribution is 6.25. The highest BCUT2D eigenvalue weighted by atomic mass is 35.5. The van der Waals surface area contributed by atoms with E-state index < -0.39 is 0 Å². The standard InChI is InChI=1S/C15H27ClN2/c1-4-12(3)14-10-18(9-11(2)7-16)15(8-17-14)13-5-6-13/h7,12-15,17H,4-6,8-10H2,1-3H3. The van der Waals surface area contributed by atoms with Gasteiger partial charge in [0, 0.05) is 37.3 Å². The summed E-state index contributed by atoms with van der Waals surface area (Å²) in [5, 5.41) is 3.77. The van der Waals surface area contributed by atoms with E-state index >= 15 is 0 Å². The van der Waals surface area contributed by atoms with Gasteiger partial charge in [0.25, 0.3) is 0 Å². The number of hydrogen-bond acceptors (Lipinski definition) is 2. The van der Waals surface area contributed by atoms with E-state index in [-0.39, 0.29) is 0 Å². The van der Waals surface area contributed by atoms with E-state index in [1.807, 2.05) is 0 Å². The van der Waals surface area contributed by atoms with E-state index in [1.165, 1.54) is 31.4 Å². The fraction of sp³-hybridized carbons (Fsp3) is 0.867. The lowest BCUT2D eigenvalue weighted by Crippen LogP contribution is -2.59. The van der Waals surface area contributed by atoms with Gasteiger partial charge in [0.2, 0.25) is 0 Å². The van der Waals surface area contributed by atoms with Crippen LogP contribution < -0.4 is 5.32 Å². The number of hydrogen-bond donors (Lipinski definition) is 1. The largest absolute Gasteiger partial charge is 0.311 e. The molecule has 2 aliphatic rings. The van der Waals surface area contributed by atoms with Crippen LogP contribution in [0.5, 0.6) is 0 Å². The summed E-state index contributed by atoms with van der Waals surface area (Å²) >= 11 is 5.84. The van der Waals surface area contributed by atoms with Gasteiger partial charge in [-0.1, -0.05) is 31.9 Å². The zero-order chi connectivity index (χ0) is 13.1. The molecule has 3 atom stereocenters. The van der Waals surface area contributed by atoms with Crippen LogP contribution in [0.3, 0.4) is 0 Å². The van der Waals surface area contributed by atoms with Gasteiger partial charge in [-0.25, -0.2) is 0 Å². The summed E-state index contributed by atoms with van der Waals surface area (Å²) in [6.45, 7) is 10.2. The van der Waals surface area contributed by atoms with Crippen molar-refractivity contribution in [3.05, 3.63) is 11.1 Å². The summed E-state index contributed by atoms with van der Waals surface area (Å²) in [6, 6.07) is 1.38. The molecule has 1 saturated heterocycles. The first-order chi connectivity index (χ1) is 8.65. The first-order valence-electron chi connectivity index (χ1n) is 7.39. The molecule has 3 unspecified atom stereocenters. The van der Waals surface area contributed by atoms with Crippen LogP contribution in [-0.2, 0) is 0 Å². The third-order valence-electron chi connectivity index (χ3n) is 4.63. The van der Waals surface area contributed by atoms with Crippen LogP contribution in [0.25, 0.3) is 0 Å². The van der Waals surface area contributed by atoms with E-state index in [2.05, 4.69) is 31.0 Å². The second-order valence-electron chi connectivity index (χ2n) is 6.19. The molecule has 1 N–H and O–H groups in total. The molecule has 0 aromatic heterocycles. The molecule has 0 spiro atoms. The van der Waals surface area contributed by atoms with Crippen LogP contribution in [0.15, 0.2) is 11.1 Å². The van der Waals surface area contributed by atoms with Crippen LogP contribution in [-0.4, -0.2) is 36.6 Å². The Bertz CT molecular complexity index is 299. The molecule has 1 heterocycles. The summed E-state index contributed by atoms with van der Waals surface area (Å²) in [7, 11) is 0. The molecule has 0 amide bonds. The van der Waals surface area contributed by atoms with Crippen molar-refractivity contribution in [1.82, 2.24) is 10.2 Å². The Kier molecular flexibility index (Phi) is 5.11. The van der Waals surface area contributed by atoms with Crippen molar-refractivity contribution in [2.75, 3.05) is 19.6 Å². The van der Waals surface area contributed by atoms with Crippen molar-refractivity contribution < 1.29 is 0 Å². The summed E-state index contributed by atoms with van der Waals surface area (Å²) < 4.78 is 0. The molecule has 1 aliphatic heterocycles. The molecule has 1 aliphatic carbocycles. The Morgan fingerprint density at radius 2 is 2.22 bits per heavy atom. The molecule has 104 valence electrons. The molecular formula is C15H27ClN2. The van der Waals surface area contributed by atoms with Crippen LogP contribution >= 0.6 is 11.6 Å². The third kappa shape index (κ3) is 3.49. The predicted octanol–water partition coefficient (Wildman–Crippen LogP) is 3.23. The minimum absolute atomic E-state index is 0.646. The summed E-state index contributed by atoms with van der Waals surface area (Å²) in [5.74, 6) is 1.69. The van der Waals surface area contributed by atoms with Gasteiger partial charge in [0.05, 0.1) is 0 Å². The number of halogens is 1. The lowest BCUT2D eigenvalue weighted by Gasteiger charge is -2.43. The van der Waals surface area contributed by atoms with E-state index in [1.54, 1.807) is 5.54 Å². The lowest BCUT2D eigenvalue weighted by atomic mass is 9.94. The second kappa shape index (κ2) is 6.40. The van der Waals surface area contributed by atoms with Crippen molar-refractivity contribution >= 4 is 11.6 Å². The molecule has 2 rings (SSSR count). The Morgan fingerprint density at radius 1 is 1.50 bits per heavy atom. The average Bonchev–Trinajstić information content (AvgIpc) is 3.21. The van der Waals surface area contributed by atoms with E-state index in [9.17, 15) is 0 Å². The molecule has 3 heteroatoms. The van der Waals surface area contributed by atoms with Crippen LogP contribution in [0.4, 0.5) is 0 Å². The minimum atomic E-state index is 0.646. The zero-order valence-corrected chi connectivity index (χ0v) is 12.7. The van der Waals surface area contributed by atoms with Gasteiger partial charge in [0.15, 0.2) is 0 Å². The number of rotatable bonds is 5. The molecule has 0 radical (unpaired) electrons. The molecular weight excluding hydrogens is 244 g/mol. The number of nitrogens with one attached hydrogen (secondary N) is 1. The Hall–Kier alpha value is -0.0500. The maximum Gasteiger partial charge on any atom is 0.0253 e. The summed E-state index contributed by atoms with van der Waals surface area (Å²) in [4.78, 5) is 2.67. The second-order valence-corrected chi connectivity index (χ2v) is 6.41. The third-order valence-corrected chi connectivity index (χ3v) is 5.00. The normalized spacial score (nSPS) is 32.6. The number of piperazine rings is 1. The van der Waals surface area contributed by atoms with E-state index in [0.29, 0.717) is 6.04 Å². The molecule has 0 bridgehead atoms.